The number of rotatable bonds is 6. The predicted octanol–water partition coefficient (Wildman–Crippen LogP) is 2.40. The molecule has 5 nitrogen and oxygen atoms in total. The van der Waals surface area contributed by atoms with Crippen LogP contribution >= 0.6 is 0 Å². The maximum atomic E-state index is 11.8. The molecule has 0 spiro atoms. The third-order valence-corrected chi connectivity index (χ3v) is 3.37. The summed E-state index contributed by atoms with van der Waals surface area (Å²) in [6.45, 7) is 4.38. The van der Waals surface area contributed by atoms with Crippen molar-refractivity contribution in [3.8, 4) is 11.6 Å². The van der Waals surface area contributed by atoms with Gasteiger partial charge in [0.05, 0.1) is 7.11 Å². The van der Waals surface area contributed by atoms with Crippen LogP contribution in [0.25, 0.3) is 0 Å². The third-order valence-electron chi connectivity index (χ3n) is 3.37. The number of pyridine rings is 1. The Hall–Kier alpha value is -2.56. The van der Waals surface area contributed by atoms with Gasteiger partial charge in [-0.2, -0.15) is 0 Å². The Balaban J connectivity index is 1.84. The first-order chi connectivity index (χ1) is 10.6. The molecule has 0 radical (unpaired) electrons. The fraction of sp³-hybridized carbons (Fsp3) is 0.294. The molecule has 22 heavy (non-hydrogen) atoms. The van der Waals surface area contributed by atoms with Gasteiger partial charge in [-0.15, -0.1) is 0 Å². The van der Waals surface area contributed by atoms with Crippen molar-refractivity contribution < 1.29 is 14.3 Å². The van der Waals surface area contributed by atoms with Crippen molar-refractivity contribution >= 4 is 5.91 Å². The first-order valence-electron chi connectivity index (χ1n) is 7.05. The van der Waals surface area contributed by atoms with Gasteiger partial charge in [-0.05, 0) is 43.2 Å². The minimum absolute atomic E-state index is 0.0227. The van der Waals surface area contributed by atoms with Crippen molar-refractivity contribution in [1.82, 2.24) is 10.3 Å². The lowest BCUT2D eigenvalue weighted by Crippen LogP contribution is -2.28. The molecule has 1 amide bonds. The molecule has 0 aliphatic rings. The molecule has 1 aromatic heterocycles. The number of nitrogens with zero attached hydrogens (tertiary/aromatic N) is 1. The number of methoxy groups -OCH3 is 1. The lowest BCUT2D eigenvalue weighted by atomic mass is 10.1. The van der Waals surface area contributed by atoms with Crippen molar-refractivity contribution in [2.24, 2.45) is 0 Å². The zero-order valence-electron chi connectivity index (χ0n) is 13.1. The van der Waals surface area contributed by atoms with E-state index in [9.17, 15) is 4.79 Å². The molecule has 5 heteroatoms. The third kappa shape index (κ3) is 4.22. The first kappa shape index (κ1) is 15.8. The number of carbonyl (C=O) groups is 1. The maximum Gasteiger partial charge on any atom is 0.258 e. The molecule has 0 aliphatic carbocycles. The van der Waals surface area contributed by atoms with Gasteiger partial charge in [-0.1, -0.05) is 12.1 Å². The molecule has 2 aromatic rings. The lowest BCUT2D eigenvalue weighted by molar-refractivity contribution is -0.123. The summed E-state index contributed by atoms with van der Waals surface area (Å²) in [5.74, 6) is 1.01. The predicted molar refractivity (Wildman–Crippen MR) is 84.0 cm³/mol. The van der Waals surface area contributed by atoms with Crippen molar-refractivity contribution in [2.75, 3.05) is 13.7 Å². The Kier molecular flexibility index (Phi) is 5.36. The van der Waals surface area contributed by atoms with Gasteiger partial charge < -0.3 is 14.8 Å². The Morgan fingerprint density at radius 3 is 2.77 bits per heavy atom. The molecule has 1 N–H and O–H groups in total. The zero-order valence-corrected chi connectivity index (χ0v) is 13.1. The maximum absolute atomic E-state index is 11.8. The van der Waals surface area contributed by atoms with Crippen LogP contribution in [-0.2, 0) is 11.3 Å². The fourth-order valence-corrected chi connectivity index (χ4v) is 1.94. The Labute approximate surface area is 130 Å². The molecule has 2 rings (SSSR count). The summed E-state index contributed by atoms with van der Waals surface area (Å²) in [6, 6.07) is 9.42. The summed E-state index contributed by atoms with van der Waals surface area (Å²) >= 11 is 0. The van der Waals surface area contributed by atoms with Crippen molar-refractivity contribution in [3.63, 3.8) is 0 Å². The normalized spacial score (nSPS) is 10.1. The van der Waals surface area contributed by atoms with E-state index < -0.39 is 0 Å². The second-order valence-electron chi connectivity index (χ2n) is 4.98. The zero-order chi connectivity index (χ0) is 15.9. The number of hydrogen-bond donors (Lipinski definition) is 1. The van der Waals surface area contributed by atoms with Crippen molar-refractivity contribution in [1.29, 1.82) is 0 Å². The van der Waals surface area contributed by atoms with Crippen LogP contribution < -0.4 is 14.8 Å². The van der Waals surface area contributed by atoms with Crippen molar-refractivity contribution in [3.05, 3.63) is 53.2 Å². The second-order valence-corrected chi connectivity index (χ2v) is 4.98. The van der Waals surface area contributed by atoms with E-state index >= 15 is 0 Å². The van der Waals surface area contributed by atoms with Gasteiger partial charge in [0, 0.05) is 18.3 Å². The van der Waals surface area contributed by atoms with Crippen LogP contribution in [0, 0.1) is 13.8 Å². The molecule has 0 unspecified atom stereocenters. The topological polar surface area (TPSA) is 60.5 Å². The molecule has 0 atom stereocenters. The molecule has 0 saturated heterocycles. The van der Waals surface area contributed by atoms with E-state index in [-0.39, 0.29) is 12.5 Å². The summed E-state index contributed by atoms with van der Waals surface area (Å²) in [6.07, 6.45) is 1.65. The van der Waals surface area contributed by atoms with Gasteiger partial charge in [0.15, 0.2) is 6.61 Å². The number of carbonyl (C=O) groups excluding carboxylic acids is 1. The summed E-state index contributed by atoms with van der Waals surface area (Å²) < 4.78 is 10.6. The van der Waals surface area contributed by atoms with E-state index in [1.54, 1.807) is 19.4 Å². The van der Waals surface area contributed by atoms with Gasteiger partial charge in [-0.25, -0.2) is 4.98 Å². The lowest BCUT2D eigenvalue weighted by Gasteiger charge is -2.10. The monoisotopic (exact) mass is 300 g/mol. The second kappa shape index (κ2) is 7.45. The van der Waals surface area contributed by atoms with Gasteiger partial charge in [0.2, 0.25) is 5.88 Å². The molecule has 0 bridgehead atoms. The first-order valence-corrected chi connectivity index (χ1v) is 7.05. The fourth-order valence-electron chi connectivity index (χ4n) is 1.94. The molecular formula is C17H20N2O3. The Bertz CT molecular complexity index is 656. The van der Waals surface area contributed by atoms with Gasteiger partial charge >= 0.3 is 0 Å². The SMILES string of the molecule is COc1ncccc1CNC(=O)COc1ccc(C)c(C)c1. The van der Waals surface area contributed by atoms with Crippen molar-refractivity contribution in [2.45, 2.75) is 20.4 Å². The van der Waals surface area contributed by atoms with Crippen LogP contribution in [0.3, 0.4) is 0 Å². The molecular weight excluding hydrogens is 280 g/mol. The number of nitrogens with one attached hydrogen (secondary N) is 1. The molecule has 116 valence electrons. The number of benzene rings is 1. The number of amides is 1. The van der Waals surface area contributed by atoms with E-state index in [1.807, 2.05) is 38.1 Å². The van der Waals surface area contributed by atoms with Crippen LogP contribution in [-0.4, -0.2) is 24.6 Å². The highest BCUT2D eigenvalue weighted by Crippen LogP contribution is 2.16. The summed E-state index contributed by atoms with van der Waals surface area (Å²) in [7, 11) is 1.55. The summed E-state index contributed by atoms with van der Waals surface area (Å²) in [5, 5.41) is 2.79. The molecule has 1 heterocycles. The minimum atomic E-state index is -0.191. The standard InChI is InChI=1S/C17H20N2O3/c1-12-6-7-15(9-13(12)2)22-11-16(20)19-10-14-5-4-8-18-17(14)21-3/h4-9H,10-11H2,1-3H3,(H,19,20). The summed E-state index contributed by atoms with van der Waals surface area (Å²) in [5.41, 5.74) is 3.16. The van der Waals surface area contributed by atoms with Crippen LogP contribution in [0.1, 0.15) is 16.7 Å². The largest absolute Gasteiger partial charge is 0.484 e. The van der Waals surface area contributed by atoms with Crippen LogP contribution in [0.5, 0.6) is 11.6 Å². The molecule has 0 aliphatic heterocycles. The summed E-state index contributed by atoms with van der Waals surface area (Å²) in [4.78, 5) is 15.9. The smallest absolute Gasteiger partial charge is 0.258 e. The van der Waals surface area contributed by atoms with E-state index in [4.69, 9.17) is 9.47 Å². The number of ether oxygens (including phenoxy) is 2. The van der Waals surface area contributed by atoms with Gasteiger partial charge in [-0.3, -0.25) is 4.79 Å². The minimum Gasteiger partial charge on any atom is -0.484 e. The van der Waals surface area contributed by atoms with Crippen LogP contribution in [0.15, 0.2) is 36.5 Å². The highest BCUT2D eigenvalue weighted by molar-refractivity contribution is 5.77. The Morgan fingerprint density at radius 2 is 2.05 bits per heavy atom. The molecule has 0 fully saturated rings. The van der Waals surface area contributed by atoms with E-state index in [2.05, 4.69) is 10.3 Å². The van der Waals surface area contributed by atoms with E-state index in [0.29, 0.717) is 18.2 Å². The van der Waals surface area contributed by atoms with Crippen LogP contribution in [0.2, 0.25) is 0 Å². The van der Waals surface area contributed by atoms with E-state index in [0.717, 1.165) is 11.1 Å². The average molecular weight is 300 g/mol. The number of aromatic nitrogens is 1. The van der Waals surface area contributed by atoms with Gasteiger partial charge in [0.1, 0.15) is 5.75 Å². The molecule has 1 aromatic carbocycles. The van der Waals surface area contributed by atoms with E-state index in [1.165, 1.54) is 5.56 Å². The average Bonchev–Trinajstić information content (AvgIpc) is 2.54. The van der Waals surface area contributed by atoms with Crippen LogP contribution in [0.4, 0.5) is 0 Å². The Morgan fingerprint density at radius 1 is 1.23 bits per heavy atom. The highest BCUT2D eigenvalue weighted by Gasteiger charge is 2.07. The molecule has 0 saturated carbocycles. The number of aryl methyl sites for hydroxylation is 2. The quantitative estimate of drug-likeness (QED) is 0.890. The highest BCUT2D eigenvalue weighted by atomic mass is 16.5. The number of hydrogen-bond acceptors (Lipinski definition) is 4. The van der Waals surface area contributed by atoms with Gasteiger partial charge in [0.25, 0.3) is 5.91 Å².